The molecule has 1 atom stereocenters. The number of nitriles is 1. The lowest BCUT2D eigenvalue weighted by Crippen LogP contribution is -2.27. The van der Waals surface area contributed by atoms with Crippen LogP contribution in [0, 0.1) is 22.6 Å². The summed E-state index contributed by atoms with van der Waals surface area (Å²) in [5, 5.41) is 20.0. The third kappa shape index (κ3) is 2.91. The van der Waals surface area contributed by atoms with Crippen molar-refractivity contribution in [1.82, 2.24) is 0 Å². The van der Waals surface area contributed by atoms with E-state index in [0.717, 1.165) is 25.7 Å². The largest absolute Gasteiger partial charge is 0.387 e. The maximum atomic E-state index is 13.2. The van der Waals surface area contributed by atoms with E-state index in [4.69, 9.17) is 11.6 Å². The first-order valence-electron chi connectivity index (χ1n) is 6.63. The smallest absolute Gasteiger partial charge is 0.141 e. The molecule has 1 unspecified atom stereocenters. The Kier molecular flexibility index (Phi) is 4.44. The average Bonchev–Trinajstić information content (AvgIpc) is 2.67. The third-order valence-electron chi connectivity index (χ3n) is 4.00. The van der Waals surface area contributed by atoms with Gasteiger partial charge in [-0.15, -0.1) is 0 Å². The second kappa shape index (κ2) is 5.90. The SMILES string of the molecule is N#CC1(C(O)c2ccc(F)c(Cl)c2)CCCCCC1. The van der Waals surface area contributed by atoms with Gasteiger partial charge < -0.3 is 5.11 Å². The van der Waals surface area contributed by atoms with E-state index in [2.05, 4.69) is 6.07 Å². The summed E-state index contributed by atoms with van der Waals surface area (Å²) in [6, 6.07) is 6.47. The second-order valence-electron chi connectivity index (χ2n) is 5.26. The van der Waals surface area contributed by atoms with Crippen molar-refractivity contribution in [2.45, 2.75) is 44.6 Å². The van der Waals surface area contributed by atoms with Crippen LogP contribution in [0.5, 0.6) is 0 Å². The number of aliphatic hydroxyl groups is 1. The van der Waals surface area contributed by atoms with E-state index in [1.54, 1.807) is 0 Å². The van der Waals surface area contributed by atoms with Gasteiger partial charge >= 0.3 is 0 Å². The molecule has 1 fully saturated rings. The van der Waals surface area contributed by atoms with Crippen LogP contribution in [0.2, 0.25) is 5.02 Å². The summed E-state index contributed by atoms with van der Waals surface area (Å²) in [7, 11) is 0. The van der Waals surface area contributed by atoms with Gasteiger partial charge in [-0.2, -0.15) is 5.26 Å². The first-order chi connectivity index (χ1) is 9.09. The molecular formula is C15H17ClFNO. The molecule has 0 aliphatic heterocycles. The highest BCUT2D eigenvalue weighted by Crippen LogP contribution is 2.45. The monoisotopic (exact) mass is 281 g/mol. The highest BCUT2D eigenvalue weighted by atomic mass is 35.5. The molecule has 4 heteroatoms. The molecule has 0 heterocycles. The lowest BCUT2D eigenvalue weighted by molar-refractivity contribution is 0.0516. The van der Waals surface area contributed by atoms with Gasteiger partial charge in [0, 0.05) is 0 Å². The molecule has 102 valence electrons. The lowest BCUT2D eigenvalue weighted by Gasteiger charge is -2.31. The number of hydrogen-bond acceptors (Lipinski definition) is 2. The van der Waals surface area contributed by atoms with E-state index in [0.29, 0.717) is 18.4 Å². The summed E-state index contributed by atoms with van der Waals surface area (Å²) in [6.45, 7) is 0. The quantitative estimate of drug-likeness (QED) is 0.818. The van der Waals surface area contributed by atoms with Crippen LogP contribution < -0.4 is 0 Å². The molecule has 0 bridgehead atoms. The highest BCUT2D eigenvalue weighted by molar-refractivity contribution is 6.30. The van der Waals surface area contributed by atoms with Crippen LogP contribution >= 0.6 is 11.6 Å². The molecule has 0 aromatic heterocycles. The predicted molar refractivity (Wildman–Crippen MR) is 72.1 cm³/mol. The van der Waals surface area contributed by atoms with Gasteiger partial charge in [-0.1, -0.05) is 43.4 Å². The molecule has 1 aliphatic rings. The number of benzene rings is 1. The third-order valence-corrected chi connectivity index (χ3v) is 4.29. The average molecular weight is 282 g/mol. The van der Waals surface area contributed by atoms with Crippen molar-refractivity contribution < 1.29 is 9.50 Å². The Morgan fingerprint density at radius 3 is 2.42 bits per heavy atom. The minimum Gasteiger partial charge on any atom is -0.387 e. The number of rotatable bonds is 2. The standard InChI is InChI=1S/C15H17ClFNO/c16-12-9-11(5-6-13(12)17)14(19)15(10-18)7-3-1-2-4-8-15/h5-6,9,14,19H,1-4,7-8H2. The Morgan fingerprint density at radius 2 is 1.89 bits per heavy atom. The molecule has 1 aromatic rings. The van der Waals surface area contributed by atoms with E-state index in [-0.39, 0.29) is 5.02 Å². The molecule has 1 N–H and O–H groups in total. The Hall–Kier alpha value is -1.11. The number of halogens is 2. The zero-order valence-corrected chi connectivity index (χ0v) is 11.5. The van der Waals surface area contributed by atoms with E-state index >= 15 is 0 Å². The van der Waals surface area contributed by atoms with Gasteiger partial charge in [0.1, 0.15) is 5.82 Å². The summed E-state index contributed by atoms with van der Waals surface area (Å²) in [4.78, 5) is 0. The molecule has 0 saturated heterocycles. The molecule has 1 aliphatic carbocycles. The van der Waals surface area contributed by atoms with Crippen molar-refractivity contribution in [2.24, 2.45) is 5.41 Å². The van der Waals surface area contributed by atoms with Crippen molar-refractivity contribution in [1.29, 1.82) is 5.26 Å². The van der Waals surface area contributed by atoms with Crippen LogP contribution in [-0.2, 0) is 0 Å². The van der Waals surface area contributed by atoms with Gasteiger partial charge in [-0.3, -0.25) is 0 Å². The van der Waals surface area contributed by atoms with Crippen LogP contribution in [0.1, 0.15) is 50.2 Å². The molecular weight excluding hydrogens is 265 g/mol. The first-order valence-corrected chi connectivity index (χ1v) is 7.01. The Morgan fingerprint density at radius 1 is 1.26 bits per heavy atom. The predicted octanol–water partition coefficient (Wildman–Crippen LogP) is 4.38. The van der Waals surface area contributed by atoms with Crippen molar-refractivity contribution in [3.05, 3.63) is 34.6 Å². The molecule has 1 saturated carbocycles. The van der Waals surface area contributed by atoms with Gasteiger partial charge in [0.05, 0.1) is 22.6 Å². The fourth-order valence-electron chi connectivity index (χ4n) is 2.81. The van der Waals surface area contributed by atoms with Crippen LogP contribution in [0.15, 0.2) is 18.2 Å². The van der Waals surface area contributed by atoms with Crippen LogP contribution in [0.4, 0.5) is 4.39 Å². The fraction of sp³-hybridized carbons (Fsp3) is 0.533. The minimum absolute atomic E-state index is 0.0155. The van der Waals surface area contributed by atoms with Crippen LogP contribution in [0.25, 0.3) is 0 Å². The van der Waals surface area contributed by atoms with E-state index in [9.17, 15) is 14.8 Å². The normalized spacial score (nSPS) is 20.3. The number of hydrogen-bond donors (Lipinski definition) is 1. The summed E-state index contributed by atoms with van der Waals surface area (Å²) in [5.74, 6) is -0.510. The van der Waals surface area contributed by atoms with Crippen molar-refractivity contribution in [3.8, 4) is 6.07 Å². The van der Waals surface area contributed by atoms with Gasteiger partial charge in [0.25, 0.3) is 0 Å². The van der Waals surface area contributed by atoms with Gasteiger partial charge in [0.2, 0.25) is 0 Å². The molecule has 1 aromatic carbocycles. The molecule has 0 radical (unpaired) electrons. The van der Waals surface area contributed by atoms with Crippen LogP contribution in [0.3, 0.4) is 0 Å². The summed E-state index contributed by atoms with van der Waals surface area (Å²) >= 11 is 5.75. The van der Waals surface area contributed by atoms with Crippen molar-refractivity contribution in [2.75, 3.05) is 0 Å². The number of aliphatic hydroxyl groups excluding tert-OH is 1. The Bertz CT molecular complexity index is 489. The lowest BCUT2D eigenvalue weighted by atomic mass is 9.74. The highest BCUT2D eigenvalue weighted by Gasteiger charge is 2.39. The summed E-state index contributed by atoms with van der Waals surface area (Å²) < 4.78 is 13.2. The Labute approximate surface area is 117 Å². The van der Waals surface area contributed by atoms with E-state index in [1.165, 1.54) is 18.2 Å². The minimum atomic E-state index is -0.909. The van der Waals surface area contributed by atoms with Crippen molar-refractivity contribution >= 4 is 11.6 Å². The van der Waals surface area contributed by atoms with E-state index in [1.807, 2.05) is 0 Å². The molecule has 2 rings (SSSR count). The van der Waals surface area contributed by atoms with Gasteiger partial charge in [-0.05, 0) is 30.5 Å². The van der Waals surface area contributed by atoms with Gasteiger partial charge in [-0.25, -0.2) is 4.39 Å². The zero-order chi connectivity index (χ0) is 13.9. The topological polar surface area (TPSA) is 44.0 Å². The summed E-state index contributed by atoms with van der Waals surface area (Å²) in [5.41, 5.74) is -0.243. The van der Waals surface area contributed by atoms with Gasteiger partial charge in [0.15, 0.2) is 0 Å². The Balaban J connectivity index is 2.31. The summed E-state index contributed by atoms with van der Waals surface area (Å²) in [6.07, 6.45) is 4.53. The van der Waals surface area contributed by atoms with Crippen molar-refractivity contribution in [3.63, 3.8) is 0 Å². The molecule has 0 amide bonds. The maximum Gasteiger partial charge on any atom is 0.141 e. The molecule has 2 nitrogen and oxygen atoms in total. The van der Waals surface area contributed by atoms with E-state index < -0.39 is 17.3 Å². The van der Waals surface area contributed by atoms with Crippen LogP contribution in [-0.4, -0.2) is 5.11 Å². The second-order valence-corrected chi connectivity index (χ2v) is 5.67. The number of nitrogens with zero attached hydrogens (tertiary/aromatic N) is 1. The molecule has 19 heavy (non-hydrogen) atoms. The maximum absolute atomic E-state index is 13.2. The fourth-order valence-corrected chi connectivity index (χ4v) is 3.00. The first kappa shape index (κ1) is 14.3. The zero-order valence-electron chi connectivity index (χ0n) is 10.7. The molecule has 0 spiro atoms.